The third-order valence-corrected chi connectivity index (χ3v) is 4.08. The van der Waals surface area contributed by atoms with Crippen LogP contribution in [0.2, 0.25) is 0 Å². The lowest BCUT2D eigenvalue weighted by molar-refractivity contribution is 0.587. The predicted octanol–water partition coefficient (Wildman–Crippen LogP) is 4.57. The number of halogens is 2. The third-order valence-electron chi connectivity index (χ3n) is 2.86. The van der Waals surface area contributed by atoms with Gasteiger partial charge in [0.05, 0.1) is 5.69 Å². The zero-order valence-corrected chi connectivity index (χ0v) is 11.6. The lowest BCUT2D eigenvalue weighted by Crippen LogP contribution is -2.14. The normalized spacial score (nSPS) is 11.6. The molecule has 0 bridgehead atoms. The van der Waals surface area contributed by atoms with Gasteiger partial charge in [-0.3, -0.25) is 0 Å². The van der Waals surface area contributed by atoms with Crippen LogP contribution in [0.15, 0.2) is 47.4 Å². The van der Waals surface area contributed by atoms with E-state index in [9.17, 15) is 8.78 Å². The van der Waals surface area contributed by atoms with Crippen molar-refractivity contribution in [1.29, 1.82) is 0 Å². The molecule has 0 amide bonds. The van der Waals surface area contributed by atoms with E-state index < -0.39 is 10.6 Å². The van der Waals surface area contributed by atoms with Crippen molar-refractivity contribution in [3.8, 4) is 0 Å². The summed E-state index contributed by atoms with van der Waals surface area (Å²) in [6.45, 7) is 3.85. The van der Waals surface area contributed by atoms with E-state index in [4.69, 9.17) is 5.73 Å². The van der Waals surface area contributed by atoms with Gasteiger partial charge in [0.15, 0.2) is 0 Å². The lowest BCUT2D eigenvalue weighted by atomic mass is 10.0. The first-order chi connectivity index (χ1) is 8.90. The topological polar surface area (TPSA) is 26.0 Å². The smallest absolute Gasteiger partial charge is 0.146 e. The molecule has 0 aliphatic carbocycles. The molecule has 0 fully saturated rings. The van der Waals surface area contributed by atoms with Gasteiger partial charge in [-0.15, -0.1) is 11.8 Å². The van der Waals surface area contributed by atoms with Crippen LogP contribution in [0, 0.1) is 11.6 Å². The van der Waals surface area contributed by atoms with Gasteiger partial charge in [0, 0.05) is 15.2 Å². The Kier molecular flexibility index (Phi) is 3.80. The molecule has 0 spiro atoms. The van der Waals surface area contributed by atoms with Crippen molar-refractivity contribution in [3.05, 3.63) is 59.7 Å². The Bertz CT molecular complexity index is 596. The van der Waals surface area contributed by atoms with Crippen molar-refractivity contribution in [2.24, 2.45) is 0 Å². The van der Waals surface area contributed by atoms with Crippen molar-refractivity contribution in [3.63, 3.8) is 0 Å². The van der Waals surface area contributed by atoms with E-state index in [1.807, 2.05) is 13.8 Å². The Balaban J connectivity index is 2.31. The number of nitrogens with two attached hydrogens (primary N) is 1. The van der Waals surface area contributed by atoms with Crippen LogP contribution in [0.1, 0.15) is 19.4 Å². The Labute approximate surface area is 115 Å². The van der Waals surface area contributed by atoms with Crippen LogP contribution in [-0.2, 0) is 4.75 Å². The molecule has 0 radical (unpaired) electrons. The summed E-state index contributed by atoms with van der Waals surface area (Å²) in [5.41, 5.74) is 6.27. The zero-order valence-electron chi connectivity index (χ0n) is 10.8. The molecule has 100 valence electrons. The van der Waals surface area contributed by atoms with Gasteiger partial charge in [0.1, 0.15) is 11.6 Å². The molecule has 0 unspecified atom stereocenters. The summed E-state index contributed by atoms with van der Waals surface area (Å²) >= 11 is 1.45. The monoisotopic (exact) mass is 279 g/mol. The molecular weight excluding hydrogens is 264 g/mol. The van der Waals surface area contributed by atoms with Crippen molar-refractivity contribution in [2.45, 2.75) is 23.5 Å². The van der Waals surface area contributed by atoms with E-state index in [1.165, 1.54) is 23.9 Å². The highest BCUT2D eigenvalue weighted by atomic mass is 32.2. The van der Waals surface area contributed by atoms with Gasteiger partial charge in [-0.05, 0) is 38.1 Å². The summed E-state index contributed by atoms with van der Waals surface area (Å²) in [5.74, 6) is -0.678. The summed E-state index contributed by atoms with van der Waals surface area (Å²) in [7, 11) is 0. The second kappa shape index (κ2) is 5.21. The number of hydrogen-bond acceptors (Lipinski definition) is 2. The zero-order chi connectivity index (χ0) is 14.0. The minimum absolute atomic E-state index is 0.106. The summed E-state index contributed by atoms with van der Waals surface area (Å²) in [4.78, 5) is 0.812. The SMILES string of the molecule is CC(C)(Sc1ccc(F)c(N)c1)c1ccccc1F. The largest absolute Gasteiger partial charge is 0.396 e. The molecule has 0 aromatic heterocycles. The van der Waals surface area contributed by atoms with Crippen molar-refractivity contribution >= 4 is 17.4 Å². The lowest BCUT2D eigenvalue weighted by Gasteiger charge is -2.25. The van der Waals surface area contributed by atoms with Gasteiger partial charge < -0.3 is 5.73 Å². The molecule has 2 aromatic rings. The van der Waals surface area contributed by atoms with Gasteiger partial charge in [0.2, 0.25) is 0 Å². The van der Waals surface area contributed by atoms with Crippen LogP contribution < -0.4 is 5.73 Å². The van der Waals surface area contributed by atoms with E-state index in [2.05, 4.69) is 0 Å². The average molecular weight is 279 g/mol. The first-order valence-electron chi connectivity index (χ1n) is 5.89. The van der Waals surface area contributed by atoms with Gasteiger partial charge in [-0.2, -0.15) is 0 Å². The van der Waals surface area contributed by atoms with Gasteiger partial charge >= 0.3 is 0 Å². The second-order valence-electron chi connectivity index (χ2n) is 4.78. The molecule has 1 nitrogen and oxygen atoms in total. The number of nitrogen functional groups attached to an aromatic ring is 1. The Morgan fingerprint density at radius 2 is 1.68 bits per heavy atom. The Morgan fingerprint density at radius 1 is 1.00 bits per heavy atom. The van der Waals surface area contributed by atoms with Crippen molar-refractivity contribution < 1.29 is 8.78 Å². The highest BCUT2D eigenvalue weighted by molar-refractivity contribution is 8.00. The quantitative estimate of drug-likeness (QED) is 0.657. The molecule has 0 aliphatic rings. The average Bonchev–Trinajstić information content (AvgIpc) is 2.34. The highest BCUT2D eigenvalue weighted by Gasteiger charge is 2.25. The highest BCUT2D eigenvalue weighted by Crippen LogP contribution is 2.42. The molecule has 2 aromatic carbocycles. The van der Waals surface area contributed by atoms with E-state index in [0.717, 1.165) is 4.90 Å². The fraction of sp³-hybridized carbons (Fsp3) is 0.200. The first-order valence-corrected chi connectivity index (χ1v) is 6.71. The van der Waals surface area contributed by atoms with E-state index in [-0.39, 0.29) is 11.5 Å². The maximum Gasteiger partial charge on any atom is 0.146 e. The van der Waals surface area contributed by atoms with Crippen LogP contribution in [-0.4, -0.2) is 0 Å². The van der Waals surface area contributed by atoms with Crippen LogP contribution in [0.25, 0.3) is 0 Å². The third kappa shape index (κ3) is 3.07. The first kappa shape index (κ1) is 13.9. The van der Waals surface area contributed by atoms with Gasteiger partial charge in [-0.1, -0.05) is 18.2 Å². The van der Waals surface area contributed by atoms with Crippen LogP contribution in [0.3, 0.4) is 0 Å². The molecule has 2 N–H and O–H groups in total. The molecule has 0 saturated heterocycles. The standard InChI is InChI=1S/C15H15F2NS/c1-15(2,11-5-3-4-6-12(11)16)19-10-7-8-13(17)14(18)9-10/h3-9H,18H2,1-2H3. The van der Waals surface area contributed by atoms with E-state index in [0.29, 0.717) is 5.56 Å². The van der Waals surface area contributed by atoms with Crippen LogP contribution in [0.4, 0.5) is 14.5 Å². The van der Waals surface area contributed by atoms with E-state index in [1.54, 1.807) is 30.3 Å². The minimum Gasteiger partial charge on any atom is -0.396 e. The fourth-order valence-electron chi connectivity index (χ4n) is 1.88. The molecule has 19 heavy (non-hydrogen) atoms. The molecular formula is C15H15F2NS. The number of hydrogen-bond donors (Lipinski definition) is 1. The number of anilines is 1. The summed E-state index contributed by atoms with van der Waals surface area (Å²) < 4.78 is 26.5. The molecule has 0 saturated carbocycles. The predicted molar refractivity (Wildman–Crippen MR) is 76.1 cm³/mol. The van der Waals surface area contributed by atoms with Crippen LogP contribution in [0.5, 0.6) is 0 Å². The molecule has 4 heteroatoms. The van der Waals surface area contributed by atoms with Gasteiger partial charge in [-0.25, -0.2) is 8.78 Å². The van der Waals surface area contributed by atoms with E-state index >= 15 is 0 Å². The molecule has 0 aliphatic heterocycles. The number of rotatable bonds is 3. The summed E-state index contributed by atoms with van der Waals surface area (Å²) in [5, 5.41) is 0. The van der Waals surface area contributed by atoms with Crippen molar-refractivity contribution in [2.75, 3.05) is 5.73 Å². The molecule has 0 atom stereocenters. The number of benzene rings is 2. The van der Waals surface area contributed by atoms with Crippen molar-refractivity contribution in [1.82, 2.24) is 0 Å². The Morgan fingerprint density at radius 3 is 2.32 bits per heavy atom. The molecule has 0 heterocycles. The molecule has 2 rings (SSSR count). The fourth-order valence-corrected chi connectivity index (χ4v) is 3.07. The number of thioether (sulfide) groups is 1. The van der Waals surface area contributed by atoms with Crippen LogP contribution >= 0.6 is 11.8 Å². The Hall–Kier alpha value is -1.55. The maximum absolute atomic E-state index is 13.8. The summed E-state index contributed by atoms with van der Waals surface area (Å²) in [6.07, 6.45) is 0. The van der Waals surface area contributed by atoms with Gasteiger partial charge in [0.25, 0.3) is 0 Å². The minimum atomic E-state index is -0.463. The summed E-state index contributed by atoms with van der Waals surface area (Å²) in [6, 6.07) is 11.2. The second-order valence-corrected chi connectivity index (χ2v) is 6.47. The maximum atomic E-state index is 13.8.